The van der Waals surface area contributed by atoms with E-state index in [9.17, 15) is 18.0 Å². The van der Waals surface area contributed by atoms with Crippen molar-refractivity contribution in [2.24, 2.45) is 0 Å². The van der Waals surface area contributed by atoms with Crippen molar-refractivity contribution in [2.45, 2.75) is 6.92 Å². The molecule has 29 heavy (non-hydrogen) atoms. The van der Waals surface area contributed by atoms with Gasteiger partial charge in [0, 0.05) is 11.0 Å². The molecule has 1 aliphatic rings. The van der Waals surface area contributed by atoms with Crippen LogP contribution in [-0.2, 0) is 19.6 Å². The lowest BCUT2D eigenvalue weighted by molar-refractivity contribution is -0.141. The van der Waals surface area contributed by atoms with Crippen LogP contribution in [0.2, 0.25) is 0 Å². The van der Waals surface area contributed by atoms with Gasteiger partial charge in [0.2, 0.25) is 16.8 Å². The highest BCUT2D eigenvalue weighted by Crippen LogP contribution is 2.32. The van der Waals surface area contributed by atoms with Crippen LogP contribution in [-0.4, -0.2) is 40.1 Å². The molecule has 1 aliphatic heterocycles. The quantitative estimate of drug-likeness (QED) is 0.517. The monoisotopic (exact) mass is 417 g/mol. The summed E-state index contributed by atoms with van der Waals surface area (Å²) in [4.78, 5) is 23.9. The zero-order chi connectivity index (χ0) is 20.9. The molecule has 0 radical (unpaired) electrons. The Hall–Kier alpha value is -3.17. The summed E-state index contributed by atoms with van der Waals surface area (Å²) in [5.41, 5.74) is 2.06. The van der Waals surface area contributed by atoms with Crippen molar-refractivity contribution in [1.29, 1.82) is 0 Å². The Morgan fingerprint density at radius 2 is 1.83 bits per heavy atom. The van der Waals surface area contributed by atoms with Crippen LogP contribution in [0.15, 0.2) is 47.9 Å². The topological polar surface area (TPSA) is 108 Å². The Labute approximate surface area is 168 Å². The lowest BCUT2D eigenvalue weighted by Gasteiger charge is -2.06. The molecule has 2 aromatic carbocycles. The van der Waals surface area contributed by atoms with E-state index in [0.29, 0.717) is 22.6 Å². The van der Waals surface area contributed by atoms with Gasteiger partial charge in [-0.3, -0.25) is 9.59 Å². The first-order chi connectivity index (χ1) is 13.8. The van der Waals surface area contributed by atoms with E-state index in [-0.39, 0.29) is 6.79 Å². The Balaban J connectivity index is 1.46. The van der Waals surface area contributed by atoms with E-state index in [4.69, 9.17) is 14.2 Å². The Kier molecular flexibility index (Phi) is 6.30. The molecule has 0 bridgehead atoms. The maximum Gasteiger partial charge on any atom is 0.321 e. The molecular formula is C20H19NO7S. The number of aryl methyl sites for hydroxylation is 1. The molecule has 3 rings (SSSR count). The molecule has 0 unspecified atom stereocenters. The molecule has 0 spiro atoms. The number of benzene rings is 2. The van der Waals surface area contributed by atoms with E-state index in [1.807, 2.05) is 19.1 Å². The first-order valence-electron chi connectivity index (χ1n) is 8.65. The van der Waals surface area contributed by atoms with Gasteiger partial charge in [-0.15, -0.1) is 0 Å². The van der Waals surface area contributed by atoms with Crippen LogP contribution in [0.25, 0.3) is 6.08 Å². The van der Waals surface area contributed by atoms with E-state index >= 15 is 0 Å². The van der Waals surface area contributed by atoms with Crippen LogP contribution < -0.4 is 14.2 Å². The average molecular weight is 417 g/mol. The second-order valence-corrected chi connectivity index (χ2v) is 7.88. The normalized spacial score (nSPS) is 12.9. The third-order valence-electron chi connectivity index (χ3n) is 3.99. The molecule has 8 nitrogen and oxygen atoms in total. The molecule has 1 heterocycles. The molecule has 0 atom stereocenters. The van der Waals surface area contributed by atoms with Crippen LogP contribution in [0.3, 0.4) is 0 Å². The highest BCUT2D eigenvalue weighted by molar-refractivity contribution is 7.92. The van der Waals surface area contributed by atoms with Gasteiger partial charge in [0.1, 0.15) is 6.54 Å². The summed E-state index contributed by atoms with van der Waals surface area (Å²) < 4.78 is 41.2. The summed E-state index contributed by atoms with van der Waals surface area (Å²) in [6, 6.07) is 11.9. The fraction of sp³-hybridized carbons (Fsp3) is 0.200. The number of fused-ring (bicyclic) bond motifs is 1. The fourth-order valence-corrected chi connectivity index (χ4v) is 3.16. The van der Waals surface area contributed by atoms with Gasteiger partial charge >= 0.3 is 5.97 Å². The van der Waals surface area contributed by atoms with Crippen LogP contribution in [0.1, 0.15) is 21.5 Å². The van der Waals surface area contributed by atoms with Gasteiger partial charge in [-0.05, 0) is 36.8 Å². The molecule has 9 heteroatoms. The summed E-state index contributed by atoms with van der Waals surface area (Å²) >= 11 is 0. The van der Waals surface area contributed by atoms with Crippen molar-refractivity contribution in [2.75, 3.05) is 19.9 Å². The summed E-state index contributed by atoms with van der Waals surface area (Å²) in [7, 11) is -3.83. The van der Waals surface area contributed by atoms with Gasteiger partial charge in [0.25, 0.3) is 0 Å². The minimum atomic E-state index is -3.83. The summed E-state index contributed by atoms with van der Waals surface area (Å²) in [5, 5.41) is 0.961. The van der Waals surface area contributed by atoms with Crippen molar-refractivity contribution in [3.05, 3.63) is 64.6 Å². The number of Topliss-reactive ketones (excluding diaryl/α,β-unsaturated/α-hetero) is 1. The van der Waals surface area contributed by atoms with Crippen LogP contribution in [0, 0.1) is 6.92 Å². The van der Waals surface area contributed by atoms with Gasteiger partial charge in [-0.2, -0.15) is 0 Å². The minimum absolute atomic E-state index is 0.0838. The molecule has 1 N–H and O–H groups in total. The molecule has 0 saturated heterocycles. The molecule has 0 amide bonds. The number of rotatable bonds is 8. The molecule has 0 aliphatic carbocycles. The number of ether oxygens (including phenoxy) is 3. The minimum Gasteiger partial charge on any atom is -0.456 e. The number of nitrogens with one attached hydrogen (secondary N) is 1. The largest absolute Gasteiger partial charge is 0.456 e. The second-order valence-electron chi connectivity index (χ2n) is 6.23. The Morgan fingerprint density at radius 1 is 1.10 bits per heavy atom. The second kappa shape index (κ2) is 8.89. The number of carbonyl (C=O) groups excluding carboxylic acids is 2. The molecular weight excluding hydrogens is 398 g/mol. The van der Waals surface area contributed by atoms with Crippen molar-refractivity contribution >= 4 is 27.9 Å². The number of esters is 1. The number of hydrogen-bond donors (Lipinski definition) is 1. The number of ketones is 1. The van der Waals surface area contributed by atoms with E-state index < -0.39 is 34.9 Å². The van der Waals surface area contributed by atoms with Gasteiger partial charge in [0.15, 0.2) is 23.9 Å². The van der Waals surface area contributed by atoms with Gasteiger partial charge in [0.05, 0.1) is 0 Å². The Bertz CT molecular complexity index is 1040. The van der Waals surface area contributed by atoms with E-state index in [1.54, 1.807) is 18.2 Å². The SMILES string of the molecule is Cc1ccc(/C=C/S(=O)(=O)NCC(=O)OCC(=O)c2ccc3c(c2)OCO3)cc1. The van der Waals surface area contributed by atoms with Crippen LogP contribution in [0.5, 0.6) is 11.5 Å². The molecule has 0 fully saturated rings. The fourth-order valence-electron chi connectivity index (χ4n) is 2.40. The van der Waals surface area contributed by atoms with Crippen molar-refractivity contribution < 1.29 is 32.2 Å². The molecule has 2 aromatic rings. The number of carbonyl (C=O) groups is 2. The van der Waals surface area contributed by atoms with Crippen LogP contribution in [0.4, 0.5) is 0 Å². The molecule has 0 aromatic heterocycles. The van der Waals surface area contributed by atoms with Crippen LogP contribution >= 0.6 is 0 Å². The third-order valence-corrected chi connectivity index (χ3v) is 5.03. The van der Waals surface area contributed by atoms with Gasteiger partial charge in [-0.25, -0.2) is 13.1 Å². The maximum absolute atomic E-state index is 12.1. The van der Waals surface area contributed by atoms with Crippen molar-refractivity contribution in [3.63, 3.8) is 0 Å². The molecule has 0 saturated carbocycles. The average Bonchev–Trinajstić information content (AvgIpc) is 3.18. The van der Waals surface area contributed by atoms with Gasteiger partial charge < -0.3 is 14.2 Å². The van der Waals surface area contributed by atoms with E-state index in [0.717, 1.165) is 11.0 Å². The summed E-state index contributed by atoms with van der Waals surface area (Å²) in [5.74, 6) is -0.341. The lowest BCUT2D eigenvalue weighted by Crippen LogP contribution is -2.30. The first kappa shape index (κ1) is 20.6. The number of hydrogen-bond acceptors (Lipinski definition) is 7. The molecule has 152 valence electrons. The highest BCUT2D eigenvalue weighted by Gasteiger charge is 2.17. The number of sulfonamides is 1. The summed E-state index contributed by atoms with van der Waals surface area (Å²) in [6.07, 6.45) is 1.41. The Morgan fingerprint density at radius 3 is 2.59 bits per heavy atom. The van der Waals surface area contributed by atoms with Crippen molar-refractivity contribution in [3.8, 4) is 11.5 Å². The van der Waals surface area contributed by atoms with Crippen molar-refractivity contribution in [1.82, 2.24) is 4.72 Å². The standard InChI is InChI=1S/C20H19NO7S/c1-14-2-4-15(5-3-14)8-9-29(24,25)21-11-20(23)26-12-17(22)16-6-7-18-19(10-16)28-13-27-18/h2-10,21H,11-13H2,1H3/b9-8+. The smallest absolute Gasteiger partial charge is 0.321 e. The predicted molar refractivity (Wildman–Crippen MR) is 105 cm³/mol. The predicted octanol–water partition coefficient (Wildman–Crippen LogP) is 2.04. The van der Waals surface area contributed by atoms with E-state index in [2.05, 4.69) is 4.72 Å². The lowest BCUT2D eigenvalue weighted by atomic mass is 10.1. The zero-order valence-corrected chi connectivity index (χ0v) is 16.4. The zero-order valence-electron chi connectivity index (χ0n) is 15.6. The summed E-state index contributed by atoms with van der Waals surface area (Å²) in [6.45, 7) is 0.906. The highest BCUT2D eigenvalue weighted by atomic mass is 32.2. The maximum atomic E-state index is 12.1. The first-order valence-corrected chi connectivity index (χ1v) is 10.2. The van der Waals surface area contributed by atoms with E-state index in [1.165, 1.54) is 18.2 Å². The van der Waals surface area contributed by atoms with Gasteiger partial charge in [-0.1, -0.05) is 29.8 Å². The third kappa shape index (κ3) is 5.90.